The van der Waals surface area contributed by atoms with Crippen molar-refractivity contribution in [3.05, 3.63) is 65.2 Å². The van der Waals surface area contributed by atoms with Crippen LogP contribution >= 0.6 is 0 Å². The fraction of sp³-hybridized carbons (Fsp3) is 0.385. The summed E-state index contributed by atoms with van der Waals surface area (Å²) in [6, 6.07) is 13.4. The molecule has 0 radical (unpaired) electrons. The molecule has 3 rings (SSSR count). The minimum atomic E-state index is -0.692. The van der Waals surface area contributed by atoms with Crippen LogP contribution in [0.3, 0.4) is 0 Å². The molecule has 2 aromatic carbocycles. The topological polar surface area (TPSA) is 79.3 Å². The van der Waals surface area contributed by atoms with Gasteiger partial charge in [0.2, 0.25) is 0 Å². The zero-order chi connectivity index (χ0) is 24.0. The molecule has 0 aliphatic carbocycles. The third kappa shape index (κ3) is 5.20. The van der Waals surface area contributed by atoms with Gasteiger partial charge >= 0.3 is 0 Å². The van der Waals surface area contributed by atoms with E-state index in [1.54, 1.807) is 29.2 Å². The van der Waals surface area contributed by atoms with Crippen molar-refractivity contribution < 1.29 is 24.2 Å². The summed E-state index contributed by atoms with van der Waals surface area (Å²) < 4.78 is 10.8. The number of aliphatic hydroxyl groups is 1. The van der Waals surface area contributed by atoms with Crippen LogP contribution < -0.4 is 9.47 Å². The number of amides is 1. The number of benzene rings is 2. The lowest BCUT2D eigenvalue weighted by atomic mass is 9.95. The molecule has 0 aromatic heterocycles. The van der Waals surface area contributed by atoms with Crippen LogP contribution in [0.1, 0.15) is 37.9 Å². The predicted molar refractivity (Wildman–Crippen MR) is 127 cm³/mol. The van der Waals surface area contributed by atoms with E-state index < -0.39 is 17.7 Å². The number of carbonyl (C=O) groups excluding carboxylic acids is 2. The zero-order valence-electron chi connectivity index (χ0n) is 19.7. The molecule has 1 saturated heterocycles. The van der Waals surface area contributed by atoms with E-state index in [1.165, 1.54) is 7.11 Å². The van der Waals surface area contributed by atoms with Crippen molar-refractivity contribution >= 4 is 17.4 Å². The zero-order valence-corrected chi connectivity index (χ0v) is 19.7. The number of Topliss-reactive ketones (excluding diaryl/α,β-unsaturated/α-hetero) is 1. The molecule has 1 aliphatic rings. The molecule has 7 heteroatoms. The number of ether oxygens (including phenoxy) is 2. The average molecular weight is 453 g/mol. The quantitative estimate of drug-likeness (QED) is 0.335. The van der Waals surface area contributed by atoms with Crippen molar-refractivity contribution in [2.24, 2.45) is 0 Å². The minimum Gasteiger partial charge on any atom is -0.507 e. The smallest absolute Gasteiger partial charge is 0.295 e. The molecule has 1 unspecified atom stereocenters. The van der Waals surface area contributed by atoms with Gasteiger partial charge in [-0.25, -0.2) is 0 Å². The van der Waals surface area contributed by atoms with Crippen molar-refractivity contribution in [1.29, 1.82) is 0 Å². The molecule has 1 N–H and O–H groups in total. The summed E-state index contributed by atoms with van der Waals surface area (Å²) in [5.74, 6) is -0.253. The van der Waals surface area contributed by atoms with Crippen molar-refractivity contribution in [2.75, 3.05) is 39.9 Å². The maximum absolute atomic E-state index is 13.1. The largest absolute Gasteiger partial charge is 0.507 e. The highest BCUT2D eigenvalue weighted by Crippen LogP contribution is 2.40. The van der Waals surface area contributed by atoms with Gasteiger partial charge in [-0.15, -0.1) is 0 Å². The molecule has 2 aromatic rings. The van der Waals surface area contributed by atoms with Crippen molar-refractivity contribution in [1.82, 2.24) is 9.80 Å². The fourth-order valence-corrected chi connectivity index (χ4v) is 4.09. The monoisotopic (exact) mass is 452 g/mol. The lowest BCUT2D eigenvalue weighted by Crippen LogP contribution is -2.38. The van der Waals surface area contributed by atoms with E-state index in [9.17, 15) is 14.7 Å². The number of likely N-dealkylation sites (tertiary alicyclic amines) is 1. The number of hydrogen-bond acceptors (Lipinski definition) is 6. The van der Waals surface area contributed by atoms with Crippen LogP contribution in [-0.4, -0.2) is 66.5 Å². The first-order valence-corrected chi connectivity index (χ1v) is 11.3. The fourth-order valence-electron chi connectivity index (χ4n) is 4.09. The Bertz CT molecular complexity index is 1010. The van der Waals surface area contributed by atoms with E-state index in [-0.39, 0.29) is 11.3 Å². The summed E-state index contributed by atoms with van der Waals surface area (Å²) in [7, 11) is 1.53. The highest BCUT2D eigenvalue weighted by molar-refractivity contribution is 6.46. The van der Waals surface area contributed by atoms with Gasteiger partial charge < -0.3 is 24.4 Å². The maximum Gasteiger partial charge on any atom is 0.295 e. The summed E-state index contributed by atoms with van der Waals surface area (Å²) in [5, 5.41) is 11.2. The van der Waals surface area contributed by atoms with E-state index in [4.69, 9.17) is 9.47 Å². The van der Waals surface area contributed by atoms with Crippen molar-refractivity contribution in [3.63, 3.8) is 0 Å². The average Bonchev–Trinajstić information content (AvgIpc) is 3.10. The third-order valence-corrected chi connectivity index (χ3v) is 5.94. The second-order valence-corrected chi connectivity index (χ2v) is 7.75. The van der Waals surface area contributed by atoms with Crippen LogP contribution in [0.25, 0.3) is 5.76 Å². The van der Waals surface area contributed by atoms with Crippen LogP contribution in [0.5, 0.6) is 11.5 Å². The Labute approximate surface area is 195 Å². The van der Waals surface area contributed by atoms with Gasteiger partial charge in [0.1, 0.15) is 17.3 Å². The highest BCUT2D eigenvalue weighted by Gasteiger charge is 2.46. The minimum absolute atomic E-state index is 0.0805. The van der Waals surface area contributed by atoms with Crippen LogP contribution in [0.4, 0.5) is 0 Å². The number of ketones is 1. The van der Waals surface area contributed by atoms with Crippen LogP contribution in [0.2, 0.25) is 0 Å². The molecular weight excluding hydrogens is 420 g/mol. The lowest BCUT2D eigenvalue weighted by molar-refractivity contribution is -0.140. The Balaban J connectivity index is 2.08. The lowest BCUT2D eigenvalue weighted by Gasteiger charge is -2.28. The van der Waals surface area contributed by atoms with Crippen molar-refractivity contribution in [3.8, 4) is 11.5 Å². The van der Waals surface area contributed by atoms with Crippen LogP contribution in [0, 0.1) is 0 Å². The molecule has 33 heavy (non-hydrogen) atoms. The Kier molecular flexibility index (Phi) is 8.11. The summed E-state index contributed by atoms with van der Waals surface area (Å²) in [5.41, 5.74) is 1.24. The molecule has 1 aliphatic heterocycles. The van der Waals surface area contributed by atoms with Crippen LogP contribution in [-0.2, 0) is 9.59 Å². The molecule has 1 atom stereocenters. The van der Waals surface area contributed by atoms with Crippen LogP contribution in [0.15, 0.2) is 54.1 Å². The second-order valence-electron chi connectivity index (χ2n) is 7.75. The normalized spacial score (nSPS) is 17.6. The highest BCUT2D eigenvalue weighted by atomic mass is 16.5. The van der Waals surface area contributed by atoms with E-state index in [0.29, 0.717) is 36.8 Å². The first-order chi connectivity index (χ1) is 15.9. The molecule has 0 bridgehead atoms. The van der Waals surface area contributed by atoms with Gasteiger partial charge in [-0.1, -0.05) is 38.1 Å². The number of methoxy groups -OCH3 is 1. The van der Waals surface area contributed by atoms with Gasteiger partial charge in [0.25, 0.3) is 11.7 Å². The Morgan fingerprint density at radius 3 is 2.33 bits per heavy atom. The SMILES string of the molecule is CCOc1ccc(C2C(=C(O)c3cccc(OC)c3)C(=O)C(=O)N2CCN(CC)CC)cc1. The van der Waals surface area contributed by atoms with E-state index >= 15 is 0 Å². The molecule has 0 spiro atoms. The number of hydrogen-bond donors (Lipinski definition) is 1. The Morgan fingerprint density at radius 1 is 1.03 bits per heavy atom. The molecule has 1 heterocycles. The standard InChI is InChI=1S/C26H32N2O5/c1-5-27(6-2)15-16-28-23(18-11-13-20(14-12-18)33-7-3)22(25(30)26(28)31)24(29)19-9-8-10-21(17-19)32-4/h8-14,17,23,29H,5-7,15-16H2,1-4H3. The first-order valence-electron chi connectivity index (χ1n) is 11.3. The summed E-state index contributed by atoms with van der Waals surface area (Å²) in [6.45, 7) is 9.26. The summed E-state index contributed by atoms with van der Waals surface area (Å²) in [4.78, 5) is 30.0. The summed E-state index contributed by atoms with van der Waals surface area (Å²) >= 11 is 0. The molecule has 176 valence electrons. The maximum atomic E-state index is 13.1. The molecular formula is C26H32N2O5. The van der Waals surface area contributed by atoms with Gasteiger partial charge in [-0.05, 0) is 49.8 Å². The molecule has 7 nitrogen and oxygen atoms in total. The van der Waals surface area contributed by atoms with E-state index in [2.05, 4.69) is 18.7 Å². The molecule has 1 amide bonds. The first kappa shape index (κ1) is 24.3. The predicted octanol–water partition coefficient (Wildman–Crippen LogP) is 3.86. The molecule has 0 saturated carbocycles. The van der Waals surface area contributed by atoms with Gasteiger partial charge in [0, 0.05) is 18.7 Å². The van der Waals surface area contributed by atoms with E-state index in [0.717, 1.165) is 18.7 Å². The van der Waals surface area contributed by atoms with E-state index in [1.807, 2.05) is 31.2 Å². The van der Waals surface area contributed by atoms with Crippen molar-refractivity contribution in [2.45, 2.75) is 26.8 Å². The van der Waals surface area contributed by atoms with Gasteiger partial charge in [-0.2, -0.15) is 0 Å². The Hall–Kier alpha value is -3.32. The number of nitrogens with zero attached hydrogens (tertiary/aromatic N) is 2. The van der Waals surface area contributed by atoms with Gasteiger partial charge in [0.15, 0.2) is 0 Å². The summed E-state index contributed by atoms with van der Waals surface area (Å²) in [6.07, 6.45) is 0. The molecule has 1 fully saturated rings. The third-order valence-electron chi connectivity index (χ3n) is 5.94. The number of likely N-dealkylation sites (N-methyl/N-ethyl adjacent to an activating group) is 1. The number of carbonyl (C=O) groups is 2. The number of rotatable bonds is 10. The Morgan fingerprint density at radius 2 is 1.73 bits per heavy atom. The van der Waals surface area contributed by atoms with Gasteiger partial charge in [0.05, 0.1) is 25.3 Å². The van der Waals surface area contributed by atoms with Gasteiger partial charge in [-0.3, -0.25) is 9.59 Å². The number of aliphatic hydroxyl groups excluding tert-OH is 1. The second kappa shape index (κ2) is 11.0.